The summed E-state index contributed by atoms with van der Waals surface area (Å²) in [5.74, 6) is 6.07. The van der Waals surface area contributed by atoms with Crippen molar-refractivity contribution in [2.24, 2.45) is 40.9 Å². The van der Waals surface area contributed by atoms with Crippen molar-refractivity contribution >= 4 is 0 Å². The molecule has 4 aliphatic carbocycles. The average molecular weight is 272 g/mol. The molecule has 0 heteroatoms. The van der Waals surface area contributed by atoms with Crippen LogP contribution < -0.4 is 0 Å². The summed E-state index contributed by atoms with van der Waals surface area (Å²) in [6, 6.07) is 0. The van der Waals surface area contributed by atoms with Gasteiger partial charge in [0, 0.05) is 0 Å². The Morgan fingerprint density at radius 1 is 0.900 bits per heavy atom. The second kappa shape index (κ2) is 4.89. The molecule has 6 atom stereocenters. The molecule has 2 bridgehead atoms. The molecule has 0 heterocycles. The highest BCUT2D eigenvalue weighted by Crippen LogP contribution is 2.65. The van der Waals surface area contributed by atoms with Crippen molar-refractivity contribution in [2.45, 2.75) is 71.6 Å². The first-order chi connectivity index (χ1) is 9.67. The minimum atomic E-state index is 0.732. The molecule has 0 radical (unpaired) electrons. The molecular formula is C20H32. The highest BCUT2D eigenvalue weighted by molar-refractivity contribution is 5.11. The second-order valence-corrected chi connectivity index (χ2v) is 8.90. The van der Waals surface area contributed by atoms with Crippen LogP contribution in [0.5, 0.6) is 0 Å². The van der Waals surface area contributed by atoms with Gasteiger partial charge >= 0.3 is 0 Å². The summed E-state index contributed by atoms with van der Waals surface area (Å²) in [5.41, 5.74) is 0.732. The van der Waals surface area contributed by atoms with Crippen LogP contribution >= 0.6 is 0 Å². The van der Waals surface area contributed by atoms with Crippen molar-refractivity contribution in [1.29, 1.82) is 0 Å². The number of hydrogen-bond donors (Lipinski definition) is 0. The van der Waals surface area contributed by atoms with Crippen LogP contribution in [0, 0.1) is 40.9 Å². The van der Waals surface area contributed by atoms with E-state index >= 15 is 0 Å². The van der Waals surface area contributed by atoms with E-state index in [-0.39, 0.29) is 0 Å². The fourth-order valence-corrected chi connectivity index (χ4v) is 6.68. The van der Waals surface area contributed by atoms with E-state index in [1.54, 1.807) is 32.1 Å². The fraction of sp³-hybridized carbons (Fsp3) is 0.900. The van der Waals surface area contributed by atoms with Crippen LogP contribution in [0.15, 0.2) is 12.2 Å². The van der Waals surface area contributed by atoms with Crippen LogP contribution in [0.2, 0.25) is 0 Å². The molecule has 3 fully saturated rings. The van der Waals surface area contributed by atoms with Crippen molar-refractivity contribution in [1.82, 2.24) is 0 Å². The Morgan fingerprint density at radius 3 is 2.30 bits per heavy atom. The van der Waals surface area contributed by atoms with Crippen molar-refractivity contribution in [3.63, 3.8) is 0 Å². The predicted octanol–water partition coefficient (Wildman–Crippen LogP) is 5.83. The van der Waals surface area contributed by atoms with E-state index in [1.165, 1.54) is 25.7 Å². The lowest BCUT2D eigenvalue weighted by molar-refractivity contribution is 0.0426. The van der Waals surface area contributed by atoms with Crippen LogP contribution in [0.25, 0.3) is 0 Å². The normalized spacial score (nSPS) is 52.0. The third-order valence-electron chi connectivity index (χ3n) is 7.80. The van der Waals surface area contributed by atoms with E-state index in [4.69, 9.17) is 0 Å². The minimum Gasteiger partial charge on any atom is -0.0854 e. The van der Waals surface area contributed by atoms with E-state index in [9.17, 15) is 0 Å². The van der Waals surface area contributed by atoms with E-state index in [2.05, 4.69) is 26.0 Å². The molecule has 6 unspecified atom stereocenters. The molecule has 3 saturated carbocycles. The molecule has 4 rings (SSSR count). The summed E-state index contributed by atoms with van der Waals surface area (Å²) in [6.45, 7) is 5.08. The maximum atomic E-state index is 2.68. The molecule has 0 N–H and O–H groups in total. The zero-order chi connectivity index (χ0) is 13.7. The maximum Gasteiger partial charge on any atom is -0.0197 e. The molecule has 0 spiro atoms. The topological polar surface area (TPSA) is 0 Å². The smallest absolute Gasteiger partial charge is 0.0197 e. The number of hydrogen-bond acceptors (Lipinski definition) is 0. The summed E-state index contributed by atoms with van der Waals surface area (Å²) in [7, 11) is 0. The molecule has 20 heavy (non-hydrogen) atoms. The zero-order valence-electron chi connectivity index (χ0n) is 13.5. The molecule has 0 aromatic rings. The Labute approximate surface area is 125 Å². The fourth-order valence-electron chi connectivity index (χ4n) is 6.68. The van der Waals surface area contributed by atoms with Crippen LogP contribution in [0.3, 0.4) is 0 Å². The third-order valence-corrected chi connectivity index (χ3v) is 7.80. The van der Waals surface area contributed by atoms with Crippen molar-refractivity contribution in [3.05, 3.63) is 12.2 Å². The van der Waals surface area contributed by atoms with Crippen molar-refractivity contribution in [2.75, 3.05) is 0 Å². The summed E-state index contributed by atoms with van der Waals surface area (Å²) in [4.78, 5) is 0. The molecule has 112 valence electrons. The lowest BCUT2D eigenvalue weighted by Gasteiger charge is -2.46. The first-order valence-electron chi connectivity index (χ1n) is 9.35. The largest absolute Gasteiger partial charge is 0.0854 e. The van der Waals surface area contributed by atoms with Gasteiger partial charge in [0.15, 0.2) is 0 Å². The molecule has 0 aromatic carbocycles. The van der Waals surface area contributed by atoms with Crippen molar-refractivity contribution < 1.29 is 0 Å². The average Bonchev–Trinajstić information content (AvgIpc) is 3.13. The molecule has 0 aromatic heterocycles. The predicted molar refractivity (Wildman–Crippen MR) is 85.4 cm³/mol. The summed E-state index contributed by atoms with van der Waals surface area (Å²) >= 11 is 0. The van der Waals surface area contributed by atoms with Crippen molar-refractivity contribution in [3.8, 4) is 0 Å². The Balaban J connectivity index is 1.45. The van der Waals surface area contributed by atoms with Gasteiger partial charge in [-0.15, -0.1) is 0 Å². The number of allylic oxidation sites excluding steroid dienone is 2. The van der Waals surface area contributed by atoms with Gasteiger partial charge in [0.1, 0.15) is 0 Å². The monoisotopic (exact) mass is 272 g/mol. The van der Waals surface area contributed by atoms with Gasteiger partial charge in [0.05, 0.1) is 0 Å². The molecule has 0 saturated heterocycles. The second-order valence-electron chi connectivity index (χ2n) is 8.90. The van der Waals surface area contributed by atoms with Gasteiger partial charge in [-0.3, -0.25) is 0 Å². The zero-order valence-corrected chi connectivity index (χ0v) is 13.5. The highest BCUT2D eigenvalue weighted by atomic mass is 14.6. The van der Waals surface area contributed by atoms with Gasteiger partial charge in [0.2, 0.25) is 0 Å². The Bertz CT molecular complexity index is 389. The van der Waals surface area contributed by atoms with Gasteiger partial charge in [-0.2, -0.15) is 0 Å². The lowest BCUT2D eigenvalue weighted by atomic mass is 9.59. The van der Waals surface area contributed by atoms with Crippen LogP contribution in [-0.2, 0) is 0 Å². The third kappa shape index (κ3) is 2.01. The van der Waals surface area contributed by atoms with Crippen LogP contribution in [0.4, 0.5) is 0 Å². The molecule has 0 nitrogen and oxygen atoms in total. The van der Waals surface area contributed by atoms with Crippen LogP contribution in [0.1, 0.15) is 71.6 Å². The Morgan fingerprint density at radius 2 is 1.70 bits per heavy atom. The maximum absolute atomic E-state index is 2.68. The quantitative estimate of drug-likeness (QED) is 0.555. The molecule has 0 amide bonds. The first-order valence-corrected chi connectivity index (χ1v) is 9.35. The van der Waals surface area contributed by atoms with E-state index in [1.807, 2.05) is 0 Å². The van der Waals surface area contributed by atoms with E-state index in [0.717, 1.165) is 40.9 Å². The standard InChI is InChI=1S/C20H32/c1-14-8-9-15(10-14)19-12-18-11-16(19)13-20(18,2)17-6-4-3-5-7-17/h8-9,14-19H,3-7,10-13H2,1-2H3. The Kier molecular flexibility index (Phi) is 3.28. The molecular weight excluding hydrogens is 240 g/mol. The summed E-state index contributed by atoms with van der Waals surface area (Å²) in [6.07, 6.45) is 18.9. The van der Waals surface area contributed by atoms with Crippen LogP contribution in [-0.4, -0.2) is 0 Å². The Hall–Kier alpha value is -0.260. The first kappa shape index (κ1) is 13.4. The number of rotatable bonds is 2. The van der Waals surface area contributed by atoms with E-state index in [0.29, 0.717) is 0 Å². The van der Waals surface area contributed by atoms with E-state index < -0.39 is 0 Å². The minimum absolute atomic E-state index is 0.732. The van der Waals surface area contributed by atoms with Gasteiger partial charge in [-0.05, 0) is 79.4 Å². The molecule has 4 aliphatic rings. The number of fused-ring (bicyclic) bond motifs is 2. The molecule has 0 aliphatic heterocycles. The summed E-state index contributed by atoms with van der Waals surface area (Å²) in [5, 5.41) is 0. The van der Waals surface area contributed by atoms with Gasteiger partial charge in [-0.25, -0.2) is 0 Å². The van der Waals surface area contributed by atoms with Gasteiger partial charge in [-0.1, -0.05) is 45.3 Å². The lowest BCUT2D eigenvalue weighted by Crippen LogP contribution is -2.37. The SMILES string of the molecule is CC1C=CC(C2CC3CC2CC3(C)C2CCCCC2)C1. The highest BCUT2D eigenvalue weighted by Gasteiger charge is 2.56. The van der Waals surface area contributed by atoms with Gasteiger partial charge < -0.3 is 0 Å². The summed E-state index contributed by atoms with van der Waals surface area (Å²) < 4.78 is 0. The van der Waals surface area contributed by atoms with Gasteiger partial charge in [0.25, 0.3) is 0 Å².